The molecule has 0 fully saturated rings. The number of carbonyl (C=O) groups excluding carboxylic acids is 1. The van der Waals surface area contributed by atoms with Crippen LogP contribution in [0.1, 0.15) is 12.2 Å². The molecule has 1 heterocycles. The Labute approximate surface area is 81.0 Å². The number of hydrogen-bond donors (Lipinski definition) is 1. The number of amides is 1. The maximum absolute atomic E-state index is 10.9. The van der Waals surface area contributed by atoms with Crippen LogP contribution in [0.4, 0.5) is 0 Å². The lowest BCUT2D eigenvalue weighted by Crippen LogP contribution is -2.09. The van der Waals surface area contributed by atoms with Gasteiger partial charge in [0.2, 0.25) is 15.7 Å². The Morgan fingerprint density at radius 1 is 1.71 bits per heavy atom. The summed E-state index contributed by atoms with van der Waals surface area (Å²) in [6.45, 7) is 0. The van der Waals surface area contributed by atoms with E-state index < -0.39 is 15.7 Å². The Morgan fingerprint density at radius 2 is 2.36 bits per heavy atom. The number of sulfone groups is 1. The molecule has 1 radical (unpaired) electrons. The van der Waals surface area contributed by atoms with Crippen LogP contribution in [0.3, 0.4) is 0 Å². The summed E-state index contributed by atoms with van der Waals surface area (Å²) in [6.07, 6.45) is 3.55. The highest BCUT2D eigenvalue weighted by molar-refractivity contribution is 7.90. The lowest BCUT2D eigenvalue weighted by molar-refractivity contribution is -0.117. The van der Waals surface area contributed by atoms with E-state index in [1.165, 1.54) is 12.6 Å². The fourth-order valence-electron chi connectivity index (χ4n) is 0.737. The van der Waals surface area contributed by atoms with E-state index in [2.05, 4.69) is 4.98 Å². The Hall–Kier alpha value is -1.37. The summed E-state index contributed by atoms with van der Waals surface area (Å²) in [6, 6.07) is 0. The topological polar surface area (TPSA) is 103 Å². The maximum atomic E-state index is 10.9. The van der Waals surface area contributed by atoms with Gasteiger partial charge in [-0.05, 0) is 0 Å². The van der Waals surface area contributed by atoms with E-state index in [1.54, 1.807) is 0 Å². The molecule has 0 aliphatic rings. The van der Waals surface area contributed by atoms with Crippen molar-refractivity contribution in [1.29, 1.82) is 0 Å². The van der Waals surface area contributed by atoms with Gasteiger partial charge >= 0.3 is 5.22 Å². The molecule has 1 amide bonds. The first-order valence-corrected chi connectivity index (χ1v) is 5.56. The highest BCUT2D eigenvalue weighted by atomic mass is 32.2. The molecule has 2 N–H and O–H groups in total. The number of oxazole rings is 1. The Morgan fingerprint density at radius 3 is 2.79 bits per heavy atom. The van der Waals surface area contributed by atoms with Gasteiger partial charge in [0.25, 0.3) is 0 Å². The van der Waals surface area contributed by atoms with Gasteiger partial charge in [0.1, 0.15) is 5.76 Å². The standard InChI is InChI=1S/C7H9N2O4S/c1-14(11,12)7-9-4-5(13-7)2-3-6(8)10/h2,4H,3H2,1H3,(H2,8,10). The van der Waals surface area contributed by atoms with Gasteiger partial charge in [-0.2, -0.15) is 0 Å². The van der Waals surface area contributed by atoms with Crippen molar-refractivity contribution in [3.8, 4) is 0 Å². The molecule has 7 heteroatoms. The van der Waals surface area contributed by atoms with Crippen LogP contribution in [0.5, 0.6) is 0 Å². The van der Waals surface area contributed by atoms with Crippen molar-refractivity contribution < 1.29 is 17.6 Å². The smallest absolute Gasteiger partial charge is 0.314 e. The molecule has 0 saturated carbocycles. The fourth-order valence-corrected chi connectivity index (χ4v) is 1.23. The van der Waals surface area contributed by atoms with Gasteiger partial charge in [-0.3, -0.25) is 4.79 Å². The van der Waals surface area contributed by atoms with Crippen molar-refractivity contribution in [3.63, 3.8) is 0 Å². The number of rotatable bonds is 4. The molecule has 0 aliphatic carbocycles. The Kier molecular flexibility index (Phi) is 2.90. The highest BCUT2D eigenvalue weighted by Gasteiger charge is 2.14. The molecule has 0 aliphatic heterocycles. The average Bonchev–Trinajstić information content (AvgIpc) is 2.47. The quantitative estimate of drug-likeness (QED) is 0.732. The fraction of sp³-hybridized carbons (Fsp3) is 0.286. The Balaban J connectivity index is 2.74. The van der Waals surface area contributed by atoms with E-state index in [9.17, 15) is 13.2 Å². The molecule has 1 rings (SSSR count). The van der Waals surface area contributed by atoms with Crippen LogP contribution >= 0.6 is 0 Å². The summed E-state index contributed by atoms with van der Waals surface area (Å²) in [7, 11) is -3.43. The van der Waals surface area contributed by atoms with Crippen molar-refractivity contribution >= 4 is 15.7 Å². The number of aromatic nitrogens is 1. The number of carbonyl (C=O) groups is 1. The van der Waals surface area contributed by atoms with Crippen LogP contribution in [-0.2, 0) is 14.6 Å². The van der Waals surface area contributed by atoms with E-state index >= 15 is 0 Å². The molecule has 0 spiro atoms. The number of nitrogens with zero attached hydrogens (tertiary/aromatic N) is 1. The lowest BCUT2D eigenvalue weighted by Gasteiger charge is -1.91. The molecular formula is C7H9N2O4S. The third kappa shape index (κ3) is 2.84. The predicted molar refractivity (Wildman–Crippen MR) is 46.8 cm³/mol. The molecule has 0 unspecified atom stereocenters. The second kappa shape index (κ2) is 3.79. The van der Waals surface area contributed by atoms with Crippen LogP contribution in [-0.4, -0.2) is 25.6 Å². The minimum atomic E-state index is -3.43. The molecule has 0 aromatic carbocycles. The largest absolute Gasteiger partial charge is 0.433 e. The van der Waals surface area contributed by atoms with Gasteiger partial charge in [-0.15, -0.1) is 0 Å². The SMILES string of the molecule is CS(=O)(=O)c1ncc([CH]CC(N)=O)o1. The monoisotopic (exact) mass is 217 g/mol. The summed E-state index contributed by atoms with van der Waals surface area (Å²) >= 11 is 0. The first-order valence-electron chi connectivity index (χ1n) is 3.67. The molecular weight excluding hydrogens is 208 g/mol. The van der Waals surface area contributed by atoms with Gasteiger partial charge < -0.3 is 10.2 Å². The van der Waals surface area contributed by atoms with Crippen LogP contribution in [0.2, 0.25) is 0 Å². The summed E-state index contributed by atoms with van der Waals surface area (Å²) in [5, 5.41) is -0.367. The second-order valence-electron chi connectivity index (χ2n) is 2.68. The van der Waals surface area contributed by atoms with Crippen molar-refractivity contribution in [2.24, 2.45) is 5.73 Å². The second-order valence-corrected chi connectivity index (χ2v) is 4.57. The van der Waals surface area contributed by atoms with Gasteiger partial charge in [0.15, 0.2) is 0 Å². The van der Waals surface area contributed by atoms with Crippen LogP contribution in [0, 0.1) is 6.42 Å². The molecule has 0 atom stereocenters. The van der Waals surface area contributed by atoms with Gasteiger partial charge in [0, 0.05) is 19.1 Å². The minimum absolute atomic E-state index is 0.0155. The van der Waals surface area contributed by atoms with Crippen LogP contribution in [0.25, 0.3) is 0 Å². The van der Waals surface area contributed by atoms with E-state index in [0.29, 0.717) is 0 Å². The van der Waals surface area contributed by atoms with Crippen LogP contribution in [0.15, 0.2) is 15.8 Å². The third-order valence-electron chi connectivity index (χ3n) is 1.32. The summed E-state index contributed by atoms with van der Waals surface area (Å²) < 4.78 is 26.7. The van der Waals surface area contributed by atoms with Crippen molar-refractivity contribution in [2.75, 3.05) is 6.26 Å². The summed E-state index contributed by atoms with van der Waals surface area (Å²) in [4.78, 5) is 13.9. The van der Waals surface area contributed by atoms with E-state index in [0.717, 1.165) is 6.26 Å². The zero-order valence-electron chi connectivity index (χ0n) is 7.43. The van der Waals surface area contributed by atoms with Gasteiger partial charge in [0.05, 0.1) is 6.20 Å². The van der Waals surface area contributed by atoms with Crippen molar-refractivity contribution in [3.05, 3.63) is 18.4 Å². The third-order valence-corrected chi connectivity index (χ3v) is 2.15. The number of hydrogen-bond acceptors (Lipinski definition) is 5. The summed E-state index contributed by atoms with van der Waals surface area (Å²) in [5.74, 6) is -0.313. The first-order chi connectivity index (χ1) is 6.39. The van der Waals surface area contributed by atoms with Crippen molar-refractivity contribution in [1.82, 2.24) is 4.98 Å². The molecule has 1 aromatic rings. The molecule has 77 valence electrons. The molecule has 14 heavy (non-hydrogen) atoms. The molecule has 6 nitrogen and oxygen atoms in total. The molecule has 0 saturated heterocycles. The number of primary amides is 1. The van der Waals surface area contributed by atoms with E-state index in [4.69, 9.17) is 10.2 Å². The van der Waals surface area contributed by atoms with Gasteiger partial charge in [-0.25, -0.2) is 13.4 Å². The normalized spacial score (nSPS) is 11.5. The maximum Gasteiger partial charge on any atom is 0.314 e. The van der Waals surface area contributed by atoms with E-state index in [-0.39, 0.29) is 17.4 Å². The average molecular weight is 217 g/mol. The summed E-state index contributed by atoms with van der Waals surface area (Å²) in [5.41, 5.74) is 4.88. The Bertz CT molecular complexity index is 434. The van der Waals surface area contributed by atoms with Gasteiger partial charge in [-0.1, -0.05) is 0 Å². The minimum Gasteiger partial charge on any atom is -0.433 e. The predicted octanol–water partition coefficient (Wildman–Crippen LogP) is -0.494. The first kappa shape index (κ1) is 10.7. The van der Waals surface area contributed by atoms with Crippen LogP contribution < -0.4 is 5.73 Å². The zero-order chi connectivity index (χ0) is 10.8. The molecule has 1 aromatic heterocycles. The molecule has 0 bridgehead atoms. The lowest BCUT2D eigenvalue weighted by atomic mass is 10.2. The number of nitrogens with two attached hydrogens (primary N) is 1. The zero-order valence-corrected chi connectivity index (χ0v) is 8.24. The van der Waals surface area contributed by atoms with E-state index in [1.807, 2.05) is 0 Å². The highest BCUT2D eigenvalue weighted by Crippen LogP contribution is 2.12. The van der Waals surface area contributed by atoms with Crippen molar-refractivity contribution in [2.45, 2.75) is 11.6 Å².